The van der Waals surface area contributed by atoms with Crippen LogP contribution in [0.1, 0.15) is 40.4 Å². The molecule has 2 aromatic heterocycles. The molecule has 0 aromatic carbocycles. The highest BCUT2D eigenvalue weighted by Crippen LogP contribution is 2.25. The zero-order valence-electron chi connectivity index (χ0n) is 11.4. The van der Waals surface area contributed by atoms with Crippen LogP contribution in [0.5, 0.6) is 0 Å². The predicted molar refractivity (Wildman–Crippen MR) is 76.4 cm³/mol. The monoisotopic (exact) mass is 294 g/mol. The van der Waals surface area contributed by atoms with E-state index in [1.807, 2.05) is 26.8 Å². The summed E-state index contributed by atoms with van der Waals surface area (Å²) in [6, 6.07) is 3.31. The van der Waals surface area contributed by atoms with Crippen LogP contribution in [-0.4, -0.2) is 16.1 Å². The first kappa shape index (κ1) is 14.4. The summed E-state index contributed by atoms with van der Waals surface area (Å²) in [7, 11) is 0. The molecule has 2 heterocycles. The number of hydrogen-bond acceptors (Lipinski definition) is 4. The lowest BCUT2D eigenvalue weighted by Crippen LogP contribution is -2.09. The second kappa shape index (κ2) is 5.54. The maximum atomic E-state index is 11.0. The van der Waals surface area contributed by atoms with E-state index < -0.39 is 5.97 Å². The number of pyridine rings is 1. The van der Waals surface area contributed by atoms with Gasteiger partial charge < -0.3 is 14.8 Å². The van der Waals surface area contributed by atoms with Gasteiger partial charge in [0.25, 0.3) is 0 Å². The van der Waals surface area contributed by atoms with Crippen LogP contribution in [0.4, 0.5) is 5.82 Å². The summed E-state index contributed by atoms with van der Waals surface area (Å²) in [5, 5.41) is 12.3. The topological polar surface area (TPSA) is 75.4 Å². The molecule has 0 aliphatic heterocycles. The molecular formula is C14H15ClN2O3. The van der Waals surface area contributed by atoms with E-state index in [1.165, 1.54) is 12.3 Å². The SMILES string of the molecule is Cc1cc(C(C)Nc2cc(C(=O)O)c(Cl)cn2)c(C)o1. The molecule has 0 saturated carbocycles. The molecule has 106 valence electrons. The van der Waals surface area contributed by atoms with E-state index in [0.717, 1.165) is 17.1 Å². The van der Waals surface area contributed by atoms with Crippen LogP contribution in [-0.2, 0) is 0 Å². The third-order valence-electron chi connectivity index (χ3n) is 3.00. The van der Waals surface area contributed by atoms with Crippen LogP contribution < -0.4 is 5.32 Å². The van der Waals surface area contributed by atoms with Gasteiger partial charge in [0.15, 0.2) is 0 Å². The molecule has 1 atom stereocenters. The number of aryl methyl sites for hydroxylation is 2. The first-order valence-electron chi connectivity index (χ1n) is 6.10. The minimum absolute atomic E-state index is 0.0245. The number of carboxylic acids is 1. The molecule has 1 unspecified atom stereocenters. The van der Waals surface area contributed by atoms with Crippen molar-refractivity contribution in [3.8, 4) is 0 Å². The van der Waals surface area contributed by atoms with Gasteiger partial charge in [-0.05, 0) is 32.9 Å². The minimum Gasteiger partial charge on any atom is -0.478 e. The molecule has 0 bridgehead atoms. The minimum atomic E-state index is -1.08. The lowest BCUT2D eigenvalue weighted by atomic mass is 10.1. The molecule has 0 saturated heterocycles. The third kappa shape index (κ3) is 2.93. The smallest absolute Gasteiger partial charge is 0.337 e. The number of halogens is 1. The van der Waals surface area contributed by atoms with Crippen molar-refractivity contribution in [2.24, 2.45) is 0 Å². The number of carboxylic acid groups (broad SMARTS) is 1. The van der Waals surface area contributed by atoms with Gasteiger partial charge in [0, 0.05) is 11.8 Å². The second-order valence-corrected chi connectivity index (χ2v) is 5.00. The van der Waals surface area contributed by atoms with Crippen molar-refractivity contribution in [2.75, 3.05) is 5.32 Å². The fraction of sp³-hybridized carbons (Fsp3) is 0.286. The van der Waals surface area contributed by atoms with Gasteiger partial charge in [0.1, 0.15) is 17.3 Å². The van der Waals surface area contributed by atoms with Gasteiger partial charge in [-0.25, -0.2) is 9.78 Å². The molecule has 2 N–H and O–H groups in total. The molecule has 6 heteroatoms. The van der Waals surface area contributed by atoms with Crippen molar-refractivity contribution < 1.29 is 14.3 Å². The van der Waals surface area contributed by atoms with Crippen molar-refractivity contribution >= 4 is 23.4 Å². The Bertz CT molecular complexity index is 652. The molecular weight excluding hydrogens is 280 g/mol. The van der Waals surface area contributed by atoms with Crippen LogP contribution >= 0.6 is 11.6 Å². The fourth-order valence-corrected chi connectivity index (χ4v) is 2.25. The molecule has 2 rings (SSSR count). The van der Waals surface area contributed by atoms with Gasteiger partial charge in [0.05, 0.1) is 16.6 Å². The average molecular weight is 295 g/mol. The van der Waals surface area contributed by atoms with Crippen LogP contribution in [0.15, 0.2) is 22.7 Å². The van der Waals surface area contributed by atoms with Crippen LogP contribution in [0.25, 0.3) is 0 Å². The van der Waals surface area contributed by atoms with Gasteiger partial charge in [-0.2, -0.15) is 0 Å². The number of nitrogens with one attached hydrogen (secondary N) is 1. The lowest BCUT2D eigenvalue weighted by Gasteiger charge is -2.14. The molecule has 0 fully saturated rings. The van der Waals surface area contributed by atoms with Gasteiger partial charge in [-0.15, -0.1) is 0 Å². The van der Waals surface area contributed by atoms with Gasteiger partial charge >= 0.3 is 5.97 Å². The molecule has 2 aromatic rings. The molecule has 0 aliphatic carbocycles. The largest absolute Gasteiger partial charge is 0.478 e. The lowest BCUT2D eigenvalue weighted by molar-refractivity contribution is 0.0697. The summed E-state index contributed by atoms with van der Waals surface area (Å²) in [6.07, 6.45) is 1.33. The van der Waals surface area contributed by atoms with E-state index in [1.54, 1.807) is 0 Å². The second-order valence-electron chi connectivity index (χ2n) is 4.59. The van der Waals surface area contributed by atoms with Crippen molar-refractivity contribution in [3.63, 3.8) is 0 Å². The Balaban J connectivity index is 2.24. The maximum Gasteiger partial charge on any atom is 0.337 e. The Morgan fingerprint density at radius 1 is 1.45 bits per heavy atom. The summed E-state index contributed by atoms with van der Waals surface area (Å²) in [5.41, 5.74) is 1.03. The van der Waals surface area contributed by atoms with E-state index in [0.29, 0.717) is 5.82 Å². The molecule has 5 nitrogen and oxygen atoms in total. The number of furan rings is 1. The average Bonchev–Trinajstić information content (AvgIpc) is 2.70. The molecule has 0 radical (unpaired) electrons. The van der Waals surface area contributed by atoms with E-state index in [-0.39, 0.29) is 16.6 Å². The van der Waals surface area contributed by atoms with Crippen molar-refractivity contribution in [1.29, 1.82) is 0 Å². The van der Waals surface area contributed by atoms with Crippen LogP contribution in [0.2, 0.25) is 5.02 Å². The summed E-state index contributed by atoms with van der Waals surface area (Å²) in [4.78, 5) is 15.1. The van der Waals surface area contributed by atoms with E-state index >= 15 is 0 Å². The summed E-state index contributed by atoms with van der Waals surface area (Å²) in [5.74, 6) is 1.04. The third-order valence-corrected chi connectivity index (χ3v) is 3.30. The summed E-state index contributed by atoms with van der Waals surface area (Å²) < 4.78 is 5.48. The zero-order valence-corrected chi connectivity index (χ0v) is 12.2. The Morgan fingerprint density at radius 3 is 2.70 bits per heavy atom. The highest BCUT2D eigenvalue weighted by atomic mass is 35.5. The van der Waals surface area contributed by atoms with E-state index in [4.69, 9.17) is 21.1 Å². The number of carbonyl (C=O) groups is 1. The number of anilines is 1. The summed E-state index contributed by atoms with van der Waals surface area (Å²) >= 11 is 5.79. The Hall–Kier alpha value is -2.01. The number of hydrogen-bond donors (Lipinski definition) is 2. The normalized spacial score (nSPS) is 12.2. The number of aromatic carboxylic acids is 1. The van der Waals surface area contributed by atoms with Gasteiger partial charge in [-0.3, -0.25) is 0 Å². The Labute approximate surface area is 121 Å². The fourth-order valence-electron chi connectivity index (χ4n) is 2.06. The summed E-state index contributed by atoms with van der Waals surface area (Å²) in [6.45, 7) is 5.72. The van der Waals surface area contributed by atoms with Crippen molar-refractivity contribution in [3.05, 3.63) is 46.0 Å². The molecule has 0 aliphatic rings. The van der Waals surface area contributed by atoms with Gasteiger partial charge in [-0.1, -0.05) is 11.6 Å². The molecule has 20 heavy (non-hydrogen) atoms. The van der Waals surface area contributed by atoms with Gasteiger partial charge in [0.2, 0.25) is 0 Å². The first-order chi connectivity index (χ1) is 9.38. The highest BCUT2D eigenvalue weighted by molar-refractivity contribution is 6.33. The highest BCUT2D eigenvalue weighted by Gasteiger charge is 2.15. The number of nitrogens with zero attached hydrogens (tertiary/aromatic N) is 1. The first-order valence-corrected chi connectivity index (χ1v) is 6.48. The predicted octanol–water partition coefficient (Wildman–Crippen LogP) is 3.82. The quantitative estimate of drug-likeness (QED) is 0.896. The number of aromatic nitrogens is 1. The van der Waals surface area contributed by atoms with Crippen LogP contribution in [0.3, 0.4) is 0 Å². The maximum absolute atomic E-state index is 11.0. The Kier molecular flexibility index (Phi) is 3.99. The van der Waals surface area contributed by atoms with Crippen molar-refractivity contribution in [1.82, 2.24) is 4.98 Å². The molecule has 0 spiro atoms. The van der Waals surface area contributed by atoms with Crippen LogP contribution in [0, 0.1) is 13.8 Å². The van der Waals surface area contributed by atoms with Crippen molar-refractivity contribution in [2.45, 2.75) is 26.8 Å². The molecule has 0 amide bonds. The van der Waals surface area contributed by atoms with E-state index in [9.17, 15) is 4.79 Å². The zero-order chi connectivity index (χ0) is 14.9. The standard InChI is InChI=1S/C14H15ClN2O3/c1-7-4-10(9(3)20-7)8(2)17-13-5-11(14(18)19)12(15)6-16-13/h4-6,8H,1-3H3,(H,16,17)(H,18,19). The number of rotatable bonds is 4. The van der Waals surface area contributed by atoms with E-state index in [2.05, 4.69) is 10.3 Å². The Morgan fingerprint density at radius 2 is 2.15 bits per heavy atom.